The van der Waals surface area contributed by atoms with Gasteiger partial charge in [-0.3, -0.25) is 4.98 Å². The molecule has 100 valence electrons. The van der Waals surface area contributed by atoms with E-state index in [1.54, 1.807) is 12.4 Å². The molecule has 2 heterocycles. The Labute approximate surface area is 107 Å². The predicted molar refractivity (Wildman–Crippen MR) is 69.9 cm³/mol. The number of aromatic nitrogens is 2. The number of morpholine rings is 1. The van der Waals surface area contributed by atoms with Crippen LogP contribution in [0.25, 0.3) is 0 Å². The van der Waals surface area contributed by atoms with E-state index >= 15 is 0 Å². The molecule has 0 aliphatic carbocycles. The van der Waals surface area contributed by atoms with Crippen molar-refractivity contribution < 1.29 is 9.84 Å². The van der Waals surface area contributed by atoms with E-state index in [4.69, 9.17) is 4.74 Å². The van der Waals surface area contributed by atoms with E-state index < -0.39 is 0 Å². The molecule has 1 aliphatic heterocycles. The molecule has 0 saturated carbocycles. The van der Waals surface area contributed by atoms with E-state index in [1.807, 2.05) is 4.90 Å². The Hall–Kier alpha value is -1.40. The van der Waals surface area contributed by atoms with Crippen molar-refractivity contribution in [3.8, 4) is 0 Å². The van der Waals surface area contributed by atoms with Crippen LogP contribution < -0.4 is 10.2 Å². The number of nitrogens with one attached hydrogen (secondary N) is 1. The average Bonchev–Trinajstić information content (AvgIpc) is 2.45. The van der Waals surface area contributed by atoms with Gasteiger partial charge in [0.1, 0.15) is 11.6 Å². The molecule has 1 unspecified atom stereocenters. The number of nitrogens with zero attached hydrogens (tertiary/aromatic N) is 3. The summed E-state index contributed by atoms with van der Waals surface area (Å²) in [6.07, 6.45) is 4.49. The number of anilines is 2. The highest BCUT2D eigenvalue weighted by atomic mass is 16.5. The highest BCUT2D eigenvalue weighted by molar-refractivity contribution is 5.45. The third-order valence-electron chi connectivity index (χ3n) is 2.91. The monoisotopic (exact) mass is 252 g/mol. The molecule has 1 aromatic rings. The van der Waals surface area contributed by atoms with Crippen molar-refractivity contribution in [3.63, 3.8) is 0 Å². The zero-order chi connectivity index (χ0) is 12.8. The first-order valence-corrected chi connectivity index (χ1v) is 6.36. The predicted octanol–water partition coefficient (Wildman–Crippen LogP) is 0.496. The Morgan fingerprint density at radius 3 is 3.22 bits per heavy atom. The van der Waals surface area contributed by atoms with E-state index in [9.17, 15) is 5.11 Å². The van der Waals surface area contributed by atoms with E-state index in [1.165, 1.54) is 0 Å². The van der Waals surface area contributed by atoms with Gasteiger partial charge in [0.2, 0.25) is 0 Å². The fourth-order valence-corrected chi connectivity index (χ4v) is 1.94. The smallest absolute Gasteiger partial charge is 0.150 e. The Bertz CT molecular complexity index is 375. The van der Waals surface area contributed by atoms with Crippen molar-refractivity contribution >= 4 is 11.6 Å². The molecular formula is C12H20N4O2. The highest BCUT2D eigenvalue weighted by Gasteiger charge is 2.23. The van der Waals surface area contributed by atoms with Crippen LogP contribution in [0.3, 0.4) is 0 Å². The first-order chi connectivity index (χ1) is 8.85. The number of rotatable bonds is 5. The molecule has 1 aromatic heterocycles. The molecule has 1 aliphatic rings. The van der Waals surface area contributed by atoms with Crippen molar-refractivity contribution in [2.24, 2.45) is 0 Å². The number of aliphatic hydroxyl groups excluding tert-OH is 1. The third-order valence-corrected chi connectivity index (χ3v) is 2.91. The second-order valence-electron chi connectivity index (χ2n) is 4.29. The lowest BCUT2D eigenvalue weighted by Gasteiger charge is -2.35. The molecule has 6 nitrogen and oxygen atoms in total. The minimum Gasteiger partial charge on any atom is -0.394 e. The van der Waals surface area contributed by atoms with Crippen LogP contribution in [0.15, 0.2) is 12.4 Å². The maximum atomic E-state index is 9.35. The van der Waals surface area contributed by atoms with Crippen molar-refractivity contribution in [1.29, 1.82) is 0 Å². The summed E-state index contributed by atoms with van der Waals surface area (Å²) in [6, 6.07) is -0.0329. The molecule has 1 fully saturated rings. The molecule has 0 radical (unpaired) electrons. The van der Waals surface area contributed by atoms with Crippen LogP contribution in [0.4, 0.5) is 11.6 Å². The average molecular weight is 252 g/mol. The summed E-state index contributed by atoms with van der Waals surface area (Å²) in [6.45, 7) is 4.97. The Morgan fingerprint density at radius 2 is 2.44 bits per heavy atom. The highest BCUT2D eigenvalue weighted by Crippen LogP contribution is 2.17. The van der Waals surface area contributed by atoms with E-state index in [0.29, 0.717) is 13.2 Å². The van der Waals surface area contributed by atoms with Crippen LogP contribution in [0.5, 0.6) is 0 Å². The Kier molecular flexibility index (Phi) is 4.72. The summed E-state index contributed by atoms with van der Waals surface area (Å²) in [5, 5.41) is 12.6. The Balaban J connectivity index is 2.10. The number of hydrogen-bond acceptors (Lipinski definition) is 6. The Morgan fingerprint density at radius 1 is 1.56 bits per heavy atom. The van der Waals surface area contributed by atoms with Crippen molar-refractivity contribution in [3.05, 3.63) is 12.4 Å². The summed E-state index contributed by atoms with van der Waals surface area (Å²) in [4.78, 5) is 10.8. The van der Waals surface area contributed by atoms with Gasteiger partial charge in [0.25, 0.3) is 0 Å². The van der Waals surface area contributed by atoms with Crippen LogP contribution in [0.2, 0.25) is 0 Å². The second kappa shape index (κ2) is 6.51. The van der Waals surface area contributed by atoms with Gasteiger partial charge in [0.15, 0.2) is 0 Å². The van der Waals surface area contributed by atoms with Gasteiger partial charge in [-0.05, 0) is 6.42 Å². The topological polar surface area (TPSA) is 70.5 Å². The number of ether oxygens (including phenoxy) is 1. The standard InChI is InChI=1S/C12H20N4O2/c1-2-3-14-11-6-13-7-12(15-11)16-4-5-18-9-10(16)8-17/h6-7,10,17H,2-5,8-9H2,1H3,(H,14,15). The van der Waals surface area contributed by atoms with Crippen LogP contribution >= 0.6 is 0 Å². The first-order valence-electron chi connectivity index (χ1n) is 6.36. The van der Waals surface area contributed by atoms with Crippen LogP contribution in [-0.4, -0.2) is 54.0 Å². The van der Waals surface area contributed by atoms with Crippen LogP contribution in [-0.2, 0) is 4.74 Å². The van der Waals surface area contributed by atoms with Gasteiger partial charge in [0, 0.05) is 13.1 Å². The van der Waals surface area contributed by atoms with Gasteiger partial charge >= 0.3 is 0 Å². The van der Waals surface area contributed by atoms with Crippen molar-refractivity contribution in [2.45, 2.75) is 19.4 Å². The van der Waals surface area contributed by atoms with E-state index in [2.05, 4.69) is 22.2 Å². The van der Waals surface area contributed by atoms with Gasteiger partial charge in [-0.15, -0.1) is 0 Å². The van der Waals surface area contributed by atoms with Gasteiger partial charge in [-0.25, -0.2) is 4.98 Å². The molecule has 2 rings (SSSR count). The summed E-state index contributed by atoms with van der Waals surface area (Å²) < 4.78 is 5.35. The summed E-state index contributed by atoms with van der Waals surface area (Å²) >= 11 is 0. The minimum absolute atomic E-state index is 0.0329. The molecule has 6 heteroatoms. The van der Waals surface area contributed by atoms with Gasteiger partial charge in [-0.1, -0.05) is 6.92 Å². The molecule has 0 aromatic carbocycles. The van der Waals surface area contributed by atoms with E-state index in [-0.39, 0.29) is 12.6 Å². The fourth-order valence-electron chi connectivity index (χ4n) is 1.94. The van der Waals surface area contributed by atoms with Gasteiger partial charge in [0.05, 0.1) is 38.3 Å². The molecule has 1 atom stereocenters. The molecule has 1 saturated heterocycles. The second-order valence-corrected chi connectivity index (χ2v) is 4.29. The van der Waals surface area contributed by atoms with Crippen molar-refractivity contribution in [1.82, 2.24) is 9.97 Å². The minimum atomic E-state index is -0.0329. The SMILES string of the molecule is CCCNc1cncc(N2CCOCC2CO)n1. The molecule has 0 spiro atoms. The lowest BCUT2D eigenvalue weighted by molar-refractivity contribution is 0.0722. The first kappa shape index (κ1) is 13.0. The molecule has 18 heavy (non-hydrogen) atoms. The maximum Gasteiger partial charge on any atom is 0.150 e. The largest absolute Gasteiger partial charge is 0.394 e. The van der Waals surface area contributed by atoms with Gasteiger partial charge in [-0.2, -0.15) is 0 Å². The maximum absolute atomic E-state index is 9.35. The normalized spacial score (nSPS) is 19.9. The quantitative estimate of drug-likeness (QED) is 0.795. The summed E-state index contributed by atoms with van der Waals surface area (Å²) in [5.74, 6) is 1.57. The zero-order valence-corrected chi connectivity index (χ0v) is 10.7. The molecular weight excluding hydrogens is 232 g/mol. The number of hydrogen-bond donors (Lipinski definition) is 2. The van der Waals surface area contributed by atoms with Gasteiger partial charge < -0.3 is 20.1 Å². The van der Waals surface area contributed by atoms with Crippen molar-refractivity contribution in [2.75, 3.05) is 43.1 Å². The van der Waals surface area contributed by atoms with Crippen LogP contribution in [0.1, 0.15) is 13.3 Å². The number of aliphatic hydroxyl groups is 1. The van der Waals surface area contributed by atoms with E-state index in [0.717, 1.165) is 31.1 Å². The molecule has 0 bridgehead atoms. The fraction of sp³-hybridized carbons (Fsp3) is 0.667. The summed E-state index contributed by atoms with van der Waals surface area (Å²) in [7, 11) is 0. The van der Waals surface area contributed by atoms with Crippen LogP contribution in [0, 0.1) is 0 Å². The molecule has 2 N–H and O–H groups in total. The lowest BCUT2D eigenvalue weighted by Crippen LogP contribution is -2.48. The summed E-state index contributed by atoms with van der Waals surface area (Å²) in [5.41, 5.74) is 0. The zero-order valence-electron chi connectivity index (χ0n) is 10.7. The lowest BCUT2D eigenvalue weighted by atomic mass is 10.2. The molecule has 0 amide bonds. The third kappa shape index (κ3) is 3.08.